The molecule has 3 N–H and O–H groups in total. The minimum Gasteiger partial charge on any atom is -0.323 e. The van der Waals surface area contributed by atoms with E-state index in [2.05, 4.69) is 5.43 Å². The number of nitrogens with two attached hydrogens (primary N) is 1. The van der Waals surface area contributed by atoms with Crippen LogP contribution in [0.15, 0.2) is 23.1 Å². The van der Waals surface area contributed by atoms with Gasteiger partial charge in [-0.2, -0.15) is 0 Å². The number of halogens is 1. The molecule has 1 aromatic rings. The largest absolute Gasteiger partial charge is 0.323 e. The molecule has 0 aliphatic heterocycles. The Bertz CT molecular complexity index is 457. The Labute approximate surface area is 94.3 Å². The zero-order chi connectivity index (χ0) is 11.6. The maximum absolute atomic E-state index is 11.9. The highest BCUT2D eigenvalue weighted by Gasteiger charge is 2.22. The van der Waals surface area contributed by atoms with E-state index in [4.69, 9.17) is 17.4 Å². The van der Waals surface area contributed by atoms with Crippen LogP contribution in [0.3, 0.4) is 0 Å². The van der Waals surface area contributed by atoms with Crippen molar-refractivity contribution >= 4 is 27.1 Å². The number of rotatable bonds is 3. The number of sulfone groups is 1. The Morgan fingerprint density at radius 1 is 1.40 bits per heavy atom. The summed E-state index contributed by atoms with van der Waals surface area (Å²) >= 11 is 5.73. The second-order valence-electron chi connectivity index (χ2n) is 3.38. The molecule has 0 saturated heterocycles. The Morgan fingerprint density at radius 2 is 2.00 bits per heavy atom. The quantitative estimate of drug-likeness (QED) is 0.632. The molecule has 0 saturated carbocycles. The fourth-order valence-corrected chi connectivity index (χ4v) is 2.48. The van der Waals surface area contributed by atoms with Gasteiger partial charge in [-0.1, -0.05) is 11.6 Å². The van der Waals surface area contributed by atoms with Gasteiger partial charge < -0.3 is 5.43 Å². The van der Waals surface area contributed by atoms with Crippen molar-refractivity contribution in [2.24, 2.45) is 5.84 Å². The van der Waals surface area contributed by atoms with Gasteiger partial charge in [-0.3, -0.25) is 5.84 Å². The Kier molecular flexibility index (Phi) is 3.59. The molecule has 1 rings (SSSR count). The van der Waals surface area contributed by atoms with Gasteiger partial charge in [0.2, 0.25) is 0 Å². The number of hydrogen-bond donors (Lipinski definition) is 2. The zero-order valence-corrected chi connectivity index (χ0v) is 10.1. The van der Waals surface area contributed by atoms with Crippen molar-refractivity contribution in [3.8, 4) is 0 Å². The minimum atomic E-state index is -3.34. The zero-order valence-electron chi connectivity index (χ0n) is 8.49. The van der Waals surface area contributed by atoms with E-state index in [1.165, 1.54) is 18.2 Å². The molecule has 0 aliphatic rings. The second kappa shape index (κ2) is 4.38. The first kappa shape index (κ1) is 12.3. The van der Waals surface area contributed by atoms with Crippen LogP contribution in [-0.4, -0.2) is 13.7 Å². The van der Waals surface area contributed by atoms with Crippen LogP contribution in [-0.2, 0) is 9.84 Å². The second-order valence-corrected chi connectivity index (χ2v) is 6.29. The summed E-state index contributed by atoms with van der Waals surface area (Å²) < 4.78 is 23.8. The van der Waals surface area contributed by atoms with Crippen LogP contribution < -0.4 is 11.3 Å². The SMILES string of the molecule is CC(C)S(=O)(=O)c1ccc(Cl)cc1NN. The van der Waals surface area contributed by atoms with E-state index >= 15 is 0 Å². The van der Waals surface area contributed by atoms with Crippen LogP contribution in [0.25, 0.3) is 0 Å². The molecule has 84 valence electrons. The Morgan fingerprint density at radius 3 is 2.47 bits per heavy atom. The van der Waals surface area contributed by atoms with Gasteiger partial charge >= 0.3 is 0 Å². The predicted molar refractivity (Wildman–Crippen MR) is 61.6 cm³/mol. The number of anilines is 1. The molecular formula is C9H13ClN2O2S. The summed E-state index contributed by atoms with van der Waals surface area (Å²) in [5.41, 5.74) is 2.65. The van der Waals surface area contributed by atoms with Gasteiger partial charge in [-0.05, 0) is 32.0 Å². The molecule has 4 nitrogen and oxygen atoms in total. The summed E-state index contributed by atoms with van der Waals surface area (Å²) in [4.78, 5) is 0.171. The highest BCUT2D eigenvalue weighted by molar-refractivity contribution is 7.92. The first-order valence-corrected chi connectivity index (χ1v) is 6.32. The number of nitrogens with one attached hydrogen (secondary N) is 1. The van der Waals surface area contributed by atoms with Gasteiger partial charge in [-0.15, -0.1) is 0 Å². The van der Waals surface area contributed by atoms with Crippen molar-refractivity contribution in [1.82, 2.24) is 0 Å². The Balaban J connectivity index is 3.38. The van der Waals surface area contributed by atoms with Crippen molar-refractivity contribution in [1.29, 1.82) is 0 Å². The lowest BCUT2D eigenvalue weighted by Gasteiger charge is -2.12. The number of benzene rings is 1. The summed E-state index contributed by atoms with van der Waals surface area (Å²) in [6.07, 6.45) is 0. The normalized spacial score (nSPS) is 11.8. The topological polar surface area (TPSA) is 72.2 Å². The molecule has 0 aromatic heterocycles. The summed E-state index contributed by atoms with van der Waals surface area (Å²) in [5.74, 6) is 5.24. The summed E-state index contributed by atoms with van der Waals surface area (Å²) in [6.45, 7) is 3.23. The predicted octanol–water partition coefficient (Wildman–Crippen LogP) is 1.81. The van der Waals surface area contributed by atoms with E-state index in [1.807, 2.05) is 0 Å². The molecule has 0 aliphatic carbocycles. The first-order chi connectivity index (χ1) is 6.89. The molecule has 0 bridgehead atoms. The van der Waals surface area contributed by atoms with Crippen LogP contribution in [0.1, 0.15) is 13.8 Å². The standard InChI is InChI=1S/C9H13ClN2O2S/c1-6(2)15(13,14)9-4-3-7(10)5-8(9)12-11/h3-6,12H,11H2,1-2H3. The van der Waals surface area contributed by atoms with Crippen molar-refractivity contribution in [2.75, 3.05) is 5.43 Å². The monoisotopic (exact) mass is 248 g/mol. The van der Waals surface area contributed by atoms with Gasteiger partial charge in [0, 0.05) is 5.02 Å². The van der Waals surface area contributed by atoms with Crippen LogP contribution in [0, 0.1) is 0 Å². The minimum absolute atomic E-state index is 0.171. The summed E-state index contributed by atoms with van der Waals surface area (Å²) in [5, 5.41) is -0.0589. The maximum atomic E-state index is 11.9. The highest BCUT2D eigenvalue weighted by Crippen LogP contribution is 2.27. The van der Waals surface area contributed by atoms with Crippen molar-refractivity contribution in [3.63, 3.8) is 0 Å². The average Bonchev–Trinajstić information content (AvgIpc) is 2.16. The van der Waals surface area contributed by atoms with Crippen molar-refractivity contribution in [2.45, 2.75) is 24.0 Å². The van der Waals surface area contributed by atoms with Gasteiger partial charge in [0.1, 0.15) is 0 Å². The average molecular weight is 249 g/mol. The van der Waals surface area contributed by atoms with Crippen molar-refractivity contribution in [3.05, 3.63) is 23.2 Å². The van der Waals surface area contributed by atoms with Crippen LogP contribution in [0.4, 0.5) is 5.69 Å². The molecule has 0 spiro atoms. The molecule has 0 radical (unpaired) electrons. The summed E-state index contributed by atoms with van der Waals surface area (Å²) in [7, 11) is -3.34. The third-order valence-corrected chi connectivity index (χ3v) is 4.47. The van der Waals surface area contributed by atoms with Gasteiger partial charge in [-0.25, -0.2) is 8.42 Å². The lowest BCUT2D eigenvalue weighted by atomic mass is 10.3. The van der Waals surface area contributed by atoms with Gasteiger partial charge in [0.15, 0.2) is 9.84 Å². The molecule has 0 amide bonds. The highest BCUT2D eigenvalue weighted by atomic mass is 35.5. The van der Waals surface area contributed by atoms with E-state index in [0.717, 1.165) is 0 Å². The molecule has 0 unspecified atom stereocenters. The lowest BCUT2D eigenvalue weighted by Crippen LogP contribution is -2.18. The summed E-state index contributed by atoms with van der Waals surface area (Å²) in [6, 6.07) is 4.46. The van der Waals surface area contributed by atoms with Crippen LogP contribution in [0.5, 0.6) is 0 Å². The fraction of sp³-hybridized carbons (Fsp3) is 0.333. The third-order valence-electron chi connectivity index (χ3n) is 2.02. The molecule has 6 heteroatoms. The van der Waals surface area contributed by atoms with Gasteiger partial charge in [0.05, 0.1) is 15.8 Å². The van der Waals surface area contributed by atoms with Gasteiger partial charge in [0.25, 0.3) is 0 Å². The van der Waals surface area contributed by atoms with E-state index in [1.54, 1.807) is 13.8 Å². The molecule has 0 heterocycles. The van der Waals surface area contributed by atoms with Crippen LogP contribution in [0.2, 0.25) is 5.02 Å². The fourth-order valence-electron chi connectivity index (χ4n) is 1.12. The third kappa shape index (κ3) is 2.42. The van der Waals surface area contributed by atoms with Crippen molar-refractivity contribution < 1.29 is 8.42 Å². The first-order valence-electron chi connectivity index (χ1n) is 4.39. The molecule has 0 atom stereocenters. The van der Waals surface area contributed by atoms with E-state index in [0.29, 0.717) is 10.7 Å². The lowest BCUT2D eigenvalue weighted by molar-refractivity contribution is 0.587. The Hall–Kier alpha value is -0.780. The van der Waals surface area contributed by atoms with E-state index in [-0.39, 0.29) is 4.90 Å². The van der Waals surface area contributed by atoms with Crippen LogP contribution >= 0.6 is 11.6 Å². The number of hydrogen-bond acceptors (Lipinski definition) is 4. The molecule has 1 aromatic carbocycles. The smallest absolute Gasteiger partial charge is 0.182 e. The number of nitrogen functional groups attached to an aromatic ring is 1. The maximum Gasteiger partial charge on any atom is 0.182 e. The molecular weight excluding hydrogens is 236 g/mol. The van der Waals surface area contributed by atoms with E-state index < -0.39 is 15.1 Å². The molecule has 0 fully saturated rings. The molecule has 15 heavy (non-hydrogen) atoms. The van der Waals surface area contributed by atoms with E-state index in [9.17, 15) is 8.42 Å². The number of hydrazine groups is 1.